The third kappa shape index (κ3) is 5.80. The van der Waals surface area contributed by atoms with E-state index in [0.29, 0.717) is 0 Å². The highest BCUT2D eigenvalue weighted by Gasteiger charge is 2.06. The van der Waals surface area contributed by atoms with Gasteiger partial charge in [0.25, 0.3) is 5.69 Å². The van der Waals surface area contributed by atoms with Crippen LogP contribution in [0.3, 0.4) is 0 Å². The highest BCUT2D eigenvalue weighted by molar-refractivity contribution is 5.87. The first-order valence-electron chi connectivity index (χ1n) is 6.52. The van der Waals surface area contributed by atoms with Crippen LogP contribution in [0.25, 0.3) is 6.08 Å². The maximum atomic E-state index is 10.3. The smallest absolute Gasteiger partial charge is 0.335 e. The minimum Gasteiger partial charge on any atom is -0.478 e. The molecule has 0 aliphatic carbocycles. The summed E-state index contributed by atoms with van der Waals surface area (Å²) in [4.78, 5) is 19.9. The number of nitro benzene ring substituents is 1. The average molecular weight is 321 g/mol. The fourth-order valence-electron chi connectivity index (χ4n) is 1.53. The predicted molar refractivity (Wildman–Crippen MR) is 85.7 cm³/mol. The van der Waals surface area contributed by atoms with Gasteiger partial charge in [0.1, 0.15) is 17.7 Å². The highest BCUT2D eigenvalue weighted by atomic mass is 16.6. The fourth-order valence-corrected chi connectivity index (χ4v) is 1.53. The third-order valence-corrected chi connectivity index (χ3v) is 2.68. The van der Waals surface area contributed by atoms with Gasteiger partial charge >= 0.3 is 5.97 Å². The van der Waals surface area contributed by atoms with Crippen molar-refractivity contribution in [2.45, 2.75) is 0 Å². The molecule has 2 aromatic rings. The molecule has 24 heavy (non-hydrogen) atoms. The van der Waals surface area contributed by atoms with Gasteiger partial charge in [-0.25, -0.2) is 4.79 Å². The summed E-state index contributed by atoms with van der Waals surface area (Å²) in [6.07, 6.45) is 1.56. The lowest BCUT2D eigenvalue weighted by molar-refractivity contribution is -0.384. The summed E-state index contributed by atoms with van der Waals surface area (Å²) >= 11 is 0. The highest BCUT2D eigenvalue weighted by Crippen LogP contribution is 2.11. The lowest BCUT2D eigenvalue weighted by Gasteiger charge is -1.92. The molecule has 0 unspecified atom stereocenters. The van der Waals surface area contributed by atoms with Gasteiger partial charge in [0.15, 0.2) is 0 Å². The third-order valence-electron chi connectivity index (χ3n) is 2.68. The minimum atomic E-state index is -1.09. The van der Waals surface area contributed by atoms with Crippen molar-refractivity contribution in [2.24, 2.45) is 0 Å². The summed E-state index contributed by atoms with van der Waals surface area (Å²) in [5.74, 6) is -1.09. The topological polar surface area (TPSA) is 128 Å². The Hall–Kier alpha value is -3.97. The van der Waals surface area contributed by atoms with Crippen molar-refractivity contribution >= 4 is 17.7 Å². The second kappa shape index (κ2) is 9.13. The first-order valence-corrected chi connectivity index (χ1v) is 6.52. The van der Waals surface area contributed by atoms with E-state index in [1.807, 2.05) is 30.3 Å². The number of nitrogens with zero attached hydrogens (tertiary/aromatic N) is 3. The molecule has 0 bridgehead atoms. The number of benzene rings is 2. The van der Waals surface area contributed by atoms with E-state index in [0.717, 1.165) is 17.7 Å². The molecule has 0 saturated heterocycles. The molecule has 0 saturated carbocycles. The van der Waals surface area contributed by atoms with E-state index in [2.05, 4.69) is 0 Å². The molecule has 2 aromatic carbocycles. The maximum Gasteiger partial charge on any atom is 0.335 e. The Morgan fingerprint density at radius 1 is 1.04 bits per heavy atom. The second-order valence-electron chi connectivity index (χ2n) is 4.30. The van der Waals surface area contributed by atoms with Gasteiger partial charge in [0, 0.05) is 12.1 Å². The summed E-state index contributed by atoms with van der Waals surface area (Å²) in [6.45, 7) is 0. The number of rotatable bonds is 3. The molecule has 0 fully saturated rings. The van der Waals surface area contributed by atoms with Crippen molar-refractivity contribution in [1.82, 2.24) is 0 Å². The number of carboxylic acid groups (broad SMARTS) is 1. The predicted octanol–water partition coefficient (Wildman–Crippen LogP) is 3.41. The number of nitro groups is 1. The number of aromatic carboxylic acids is 1. The van der Waals surface area contributed by atoms with E-state index < -0.39 is 10.9 Å². The van der Waals surface area contributed by atoms with Crippen LogP contribution in [-0.2, 0) is 0 Å². The fraction of sp³-hybridized carbons (Fsp3) is 0. The molecular formula is C17H11N3O4. The van der Waals surface area contributed by atoms with Crippen LogP contribution in [0.1, 0.15) is 15.9 Å². The van der Waals surface area contributed by atoms with Crippen LogP contribution in [-0.4, -0.2) is 16.0 Å². The van der Waals surface area contributed by atoms with E-state index in [1.54, 1.807) is 18.2 Å². The molecule has 0 atom stereocenters. The van der Waals surface area contributed by atoms with Crippen molar-refractivity contribution in [2.75, 3.05) is 0 Å². The van der Waals surface area contributed by atoms with Crippen LogP contribution in [0.15, 0.2) is 60.2 Å². The van der Waals surface area contributed by atoms with Crippen LogP contribution in [0.2, 0.25) is 0 Å². The molecule has 7 heteroatoms. The molecule has 0 amide bonds. The molecule has 1 N–H and O–H groups in total. The van der Waals surface area contributed by atoms with Crippen LogP contribution >= 0.6 is 0 Å². The Bertz CT molecular complexity index is 780. The molecule has 118 valence electrons. The Labute approximate surface area is 137 Å². The molecule has 0 aromatic heterocycles. The van der Waals surface area contributed by atoms with Gasteiger partial charge in [-0.2, -0.15) is 10.5 Å². The zero-order valence-corrected chi connectivity index (χ0v) is 12.3. The van der Waals surface area contributed by atoms with Gasteiger partial charge in [0.05, 0.1) is 10.5 Å². The summed E-state index contributed by atoms with van der Waals surface area (Å²) in [5, 5.41) is 35.5. The first-order chi connectivity index (χ1) is 11.5. The summed E-state index contributed by atoms with van der Waals surface area (Å²) in [5.41, 5.74) is 0.928. The monoisotopic (exact) mass is 321 g/mol. The zero-order chi connectivity index (χ0) is 17.9. The first kappa shape index (κ1) is 18.1. The number of carboxylic acids is 1. The molecule has 0 spiro atoms. The second-order valence-corrected chi connectivity index (χ2v) is 4.30. The SMILES string of the molecule is N#CC(C#N)=Cc1ccccc1.O=C(O)c1ccc([N+](=O)[O-])cc1. The van der Waals surface area contributed by atoms with Crippen molar-refractivity contribution in [3.05, 3.63) is 81.4 Å². The van der Waals surface area contributed by atoms with Crippen LogP contribution < -0.4 is 0 Å². The minimum absolute atomic E-state index is 0.0422. The Morgan fingerprint density at radius 3 is 2.00 bits per heavy atom. The lowest BCUT2D eigenvalue weighted by atomic mass is 10.1. The Balaban J connectivity index is 0.000000240. The molecule has 0 heterocycles. The van der Waals surface area contributed by atoms with Crippen molar-refractivity contribution in [1.29, 1.82) is 10.5 Å². The summed E-state index contributed by atoms with van der Waals surface area (Å²) < 4.78 is 0. The normalized spacial score (nSPS) is 8.58. The number of allylic oxidation sites excluding steroid dienone is 1. The summed E-state index contributed by atoms with van der Waals surface area (Å²) in [7, 11) is 0. The van der Waals surface area contributed by atoms with Crippen LogP contribution in [0.5, 0.6) is 0 Å². The number of hydrogen-bond acceptors (Lipinski definition) is 5. The molecule has 0 radical (unpaired) electrons. The van der Waals surface area contributed by atoms with Gasteiger partial charge in [0.2, 0.25) is 0 Å². The van der Waals surface area contributed by atoms with Gasteiger partial charge < -0.3 is 5.11 Å². The molecular weight excluding hydrogens is 310 g/mol. The van der Waals surface area contributed by atoms with Gasteiger partial charge in [-0.3, -0.25) is 10.1 Å². The van der Waals surface area contributed by atoms with E-state index in [1.165, 1.54) is 12.1 Å². The van der Waals surface area contributed by atoms with Crippen molar-refractivity contribution < 1.29 is 14.8 Å². The number of non-ortho nitro benzene ring substituents is 1. The summed E-state index contributed by atoms with van der Waals surface area (Å²) in [6, 6.07) is 17.6. The average Bonchev–Trinajstić information content (AvgIpc) is 2.61. The van der Waals surface area contributed by atoms with E-state index in [4.69, 9.17) is 15.6 Å². The largest absolute Gasteiger partial charge is 0.478 e. The molecule has 0 aliphatic heterocycles. The Morgan fingerprint density at radius 2 is 1.58 bits per heavy atom. The van der Waals surface area contributed by atoms with E-state index in [-0.39, 0.29) is 16.8 Å². The molecule has 2 rings (SSSR count). The van der Waals surface area contributed by atoms with Crippen LogP contribution in [0, 0.1) is 32.8 Å². The number of hydrogen-bond donors (Lipinski definition) is 1. The van der Waals surface area contributed by atoms with Crippen molar-refractivity contribution in [3.8, 4) is 12.1 Å². The van der Waals surface area contributed by atoms with Gasteiger partial charge in [-0.05, 0) is 23.8 Å². The zero-order valence-electron chi connectivity index (χ0n) is 12.3. The standard InChI is InChI=1S/C10H6N2.C7H5NO4/c11-7-10(8-12)6-9-4-2-1-3-5-9;9-7(10)5-1-3-6(4-2-5)8(11)12/h1-6H;1-4H,(H,9,10). The van der Waals surface area contributed by atoms with Crippen molar-refractivity contribution in [3.63, 3.8) is 0 Å². The van der Waals surface area contributed by atoms with E-state index >= 15 is 0 Å². The Kier molecular flexibility index (Phi) is 6.88. The number of carbonyl (C=O) groups is 1. The van der Waals surface area contributed by atoms with Gasteiger partial charge in [-0.15, -0.1) is 0 Å². The molecule has 7 nitrogen and oxygen atoms in total. The quantitative estimate of drug-likeness (QED) is 0.524. The lowest BCUT2D eigenvalue weighted by Crippen LogP contribution is -1.96. The van der Waals surface area contributed by atoms with Gasteiger partial charge in [-0.1, -0.05) is 30.3 Å². The maximum absolute atomic E-state index is 10.3. The van der Waals surface area contributed by atoms with E-state index in [9.17, 15) is 14.9 Å². The van der Waals surface area contributed by atoms with Crippen LogP contribution in [0.4, 0.5) is 5.69 Å². The molecule has 0 aliphatic rings. The number of nitriles is 2.